The molecular formula is C16H30N6O2S. The number of aromatic nitrogens is 2. The Morgan fingerprint density at radius 1 is 1.36 bits per heavy atom. The zero-order valence-electron chi connectivity index (χ0n) is 14.9. The van der Waals surface area contributed by atoms with Crippen LogP contribution < -0.4 is 15.4 Å². The average Bonchev–Trinajstić information content (AvgIpc) is 3.03. The van der Waals surface area contributed by atoms with Crippen LogP contribution in [0.2, 0.25) is 0 Å². The highest BCUT2D eigenvalue weighted by molar-refractivity contribution is 7.89. The van der Waals surface area contributed by atoms with Gasteiger partial charge in [0.1, 0.15) is 0 Å². The number of nitrogens with one attached hydrogen (secondary N) is 3. The summed E-state index contributed by atoms with van der Waals surface area (Å²) in [5.74, 6) is 1.23. The molecule has 1 aliphatic carbocycles. The number of hydrogen-bond acceptors (Lipinski definition) is 4. The minimum absolute atomic E-state index is 0.0530. The van der Waals surface area contributed by atoms with Crippen LogP contribution >= 0.6 is 0 Å². The highest BCUT2D eigenvalue weighted by Gasteiger charge is 2.19. The molecule has 1 fully saturated rings. The molecule has 142 valence electrons. The molecule has 8 nitrogen and oxygen atoms in total. The molecule has 25 heavy (non-hydrogen) atoms. The summed E-state index contributed by atoms with van der Waals surface area (Å²) in [6.45, 7) is 5.10. The molecule has 0 spiro atoms. The number of nitrogens with zero attached hydrogens (tertiary/aromatic N) is 3. The van der Waals surface area contributed by atoms with Gasteiger partial charge in [0, 0.05) is 45.1 Å². The van der Waals surface area contributed by atoms with E-state index in [9.17, 15) is 8.42 Å². The van der Waals surface area contributed by atoms with Crippen molar-refractivity contribution in [2.75, 3.05) is 31.9 Å². The summed E-state index contributed by atoms with van der Waals surface area (Å²) >= 11 is 0. The molecule has 3 N–H and O–H groups in total. The van der Waals surface area contributed by atoms with Gasteiger partial charge in [0.2, 0.25) is 10.0 Å². The van der Waals surface area contributed by atoms with Gasteiger partial charge in [-0.25, -0.2) is 13.1 Å². The van der Waals surface area contributed by atoms with Crippen LogP contribution in [0.4, 0.5) is 0 Å². The maximum Gasteiger partial charge on any atom is 0.213 e. The molecule has 2 rings (SSSR count). The first-order valence-corrected chi connectivity index (χ1v) is 10.7. The maximum atomic E-state index is 12.0. The average molecular weight is 371 g/mol. The lowest BCUT2D eigenvalue weighted by atomic mass is 9.86. The third-order valence-electron chi connectivity index (χ3n) is 4.20. The van der Waals surface area contributed by atoms with Crippen molar-refractivity contribution in [1.29, 1.82) is 0 Å². The van der Waals surface area contributed by atoms with Crippen molar-refractivity contribution in [3.05, 3.63) is 18.5 Å². The summed E-state index contributed by atoms with van der Waals surface area (Å²) < 4.78 is 28.5. The molecule has 0 saturated heterocycles. The van der Waals surface area contributed by atoms with Crippen molar-refractivity contribution in [3.63, 3.8) is 0 Å². The van der Waals surface area contributed by atoms with Gasteiger partial charge in [-0.15, -0.1) is 0 Å². The Kier molecular flexibility index (Phi) is 8.20. The number of aryl methyl sites for hydroxylation is 1. The smallest absolute Gasteiger partial charge is 0.213 e. The first-order chi connectivity index (χ1) is 12.1. The van der Waals surface area contributed by atoms with E-state index in [4.69, 9.17) is 0 Å². The molecule has 1 aromatic heterocycles. The fourth-order valence-corrected chi connectivity index (χ4v) is 3.52. The van der Waals surface area contributed by atoms with Crippen LogP contribution in [0.25, 0.3) is 0 Å². The van der Waals surface area contributed by atoms with Gasteiger partial charge < -0.3 is 10.6 Å². The predicted octanol–water partition coefficient (Wildman–Crippen LogP) is 0.548. The van der Waals surface area contributed by atoms with Crippen LogP contribution in [0, 0.1) is 5.92 Å². The zero-order valence-corrected chi connectivity index (χ0v) is 15.8. The largest absolute Gasteiger partial charge is 0.357 e. The Morgan fingerprint density at radius 3 is 2.84 bits per heavy atom. The van der Waals surface area contributed by atoms with E-state index < -0.39 is 10.0 Å². The molecule has 1 aliphatic rings. The first-order valence-electron chi connectivity index (χ1n) is 9.06. The molecule has 0 bridgehead atoms. The van der Waals surface area contributed by atoms with Gasteiger partial charge in [0.05, 0.1) is 5.75 Å². The van der Waals surface area contributed by atoms with Crippen LogP contribution in [0.3, 0.4) is 0 Å². The van der Waals surface area contributed by atoms with Crippen LogP contribution in [-0.2, 0) is 16.6 Å². The standard InChI is InChI=1S/C16H30N6O2S/c1-2-17-16(18-8-4-11-22-12-5-9-20-22)19-10-13-25(23,24)21-14-15-6-3-7-15/h5,9,12,15,21H,2-4,6-8,10-11,13-14H2,1H3,(H2,17,18,19). The second kappa shape index (κ2) is 10.4. The van der Waals surface area contributed by atoms with E-state index in [1.54, 1.807) is 6.20 Å². The van der Waals surface area contributed by atoms with Crippen molar-refractivity contribution in [3.8, 4) is 0 Å². The summed E-state index contributed by atoms with van der Waals surface area (Å²) in [4.78, 5) is 4.47. The maximum absolute atomic E-state index is 12.0. The van der Waals surface area contributed by atoms with Crippen molar-refractivity contribution in [1.82, 2.24) is 25.1 Å². The Labute approximate surface area is 150 Å². The molecule has 0 aliphatic heterocycles. The van der Waals surface area contributed by atoms with Gasteiger partial charge >= 0.3 is 0 Å². The lowest BCUT2D eigenvalue weighted by molar-refractivity contribution is 0.316. The summed E-state index contributed by atoms with van der Waals surface area (Å²) in [6.07, 6.45) is 8.05. The van der Waals surface area contributed by atoms with Gasteiger partial charge in [-0.05, 0) is 38.2 Å². The lowest BCUT2D eigenvalue weighted by Crippen LogP contribution is -2.42. The van der Waals surface area contributed by atoms with E-state index in [2.05, 4.69) is 25.4 Å². The van der Waals surface area contributed by atoms with Crippen molar-refractivity contribution in [2.24, 2.45) is 10.9 Å². The van der Waals surface area contributed by atoms with Crippen molar-refractivity contribution >= 4 is 16.0 Å². The van der Waals surface area contributed by atoms with Crippen LogP contribution in [-0.4, -0.2) is 56.1 Å². The zero-order chi connectivity index (χ0) is 18.0. The highest BCUT2D eigenvalue weighted by Crippen LogP contribution is 2.25. The second-order valence-corrected chi connectivity index (χ2v) is 8.20. The van der Waals surface area contributed by atoms with E-state index in [1.807, 2.05) is 23.9 Å². The number of hydrogen-bond donors (Lipinski definition) is 3. The summed E-state index contributed by atoms with van der Waals surface area (Å²) in [5.41, 5.74) is 0. The molecule has 0 atom stereocenters. The third kappa shape index (κ3) is 7.87. The SMILES string of the molecule is CCNC(=NCCCn1cccn1)NCCS(=O)(=O)NCC1CCC1. The Balaban J connectivity index is 1.65. The molecule has 1 saturated carbocycles. The fourth-order valence-electron chi connectivity index (χ4n) is 2.52. The molecule has 0 amide bonds. The summed E-state index contributed by atoms with van der Waals surface area (Å²) in [7, 11) is -3.23. The minimum atomic E-state index is -3.23. The Bertz CT molecular complexity index is 611. The van der Waals surface area contributed by atoms with Crippen LogP contribution in [0.5, 0.6) is 0 Å². The topological polar surface area (TPSA) is 100 Å². The fraction of sp³-hybridized carbons (Fsp3) is 0.750. The molecular weight excluding hydrogens is 340 g/mol. The van der Waals surface area contributed by atoms with Crippen molar-refractivity contribution in [2.45, 2.75) is 39.2 Å². The molecule has 0 aromatic carbocycles. The van der Waals surface area contributed by atoms with E-state index in [1.165, 1.54) is 6.42 Å². The van der Waals surface area contributed by atoms with Gasteiger partial charge in [-0.3, -0.25) is 9.67 Å². The third-order valence-corrected chi connectivity index (χ3v) is 5.55. The summed E-state index contributed by atoms with van der Waals surface area (Å²) in [5, 5.41) is 10.4. The Morgan fingerprint density at radius 2 is 2.20 bits per heavy atom. The van der Waals surface area contributed by atoms with E-state index >= 15 is 0 Å². The van der Waals surface area contributed by atoms with Gasteiger partial charge in [0.15, 0.2) is 5.96 Å². The Hall–Kier alpha value is -1.61. The first kappa shape index (κ1) is 19.7. The van der Waals surface area contributed by atoms with Gasteiger partial charge in [0.25, 0.3) is 0 Å². The molecule has 9 heteroatoms. The van der Waals surface area contributed by atoms with Gasteiger partial charge in [-0.2, -0.15) is 5.10 Å². The number of sulfonamides is 1. The van der Waals surface area contributed by atoms with E-state index in [0.29, 0.717) is 31.5 Å². The number of guanidine groups is 1. The quantitative estimate of drug-likeness (QED) is 0.300. The molecule has 1 heterocycles. The second-order valence-electron chi connectivity index (χ2n) is 6.27. The molecule has 0 unspecified atom stereocenters. The van der Waals surface area contributed by atoms with Crippen LogP contribution in [0.15, 0.2) is 23.5 Å². The van der Waals surface area contributed by atoms with Crippen LogP contribution in [0.1, 0.15) is 32.6 Å². The summed E-state index contributed by atoms with van der Waals surface area (Å²) in [6, 6.07) is 1.90. The molecule has 0 radical (unpaired) electrons. The van der Waals surface area contributed by atoms with Crippen molar-refractivity contribution < 1.29 is 8.42 Å². The molecule has 1 aromatic rings. The lowest BCUT2D eigenvalue weighted by Gasteiger charge is -2.25. The predicted molar refractivity (Wildman–Crippen MR) is 100.0 cm³/mol. The number of aliphatic imine (C=N–C) groups is 1. The monoisotopic (exact) mass is 370 g/mol. The minimum Gasteiger partial charge on any atom is -0.357 e. The van der Waals surface area contributed by atoms with E-state index in [0.717, 1.165) is 32.4 Å². The highest BCUT2D eigenvalue weighted by atomic mass is 32.2. The van der Waals surface area contributed by atoms with Gasteiger partial charge in [-0.1, -0.05) is 6.42 Å². The normalized spacial score (nSPS) is 15.8. The van der Waals surface area contributed by atoms with E-state index in [-0.39, 0.29) is 5.75 Å². The number of rotatable bonds is 11.